The van der Waals surface area contributed by atoms with Crippen molar-refractivity contribution in [3.05, 3.63) is 0 Å². The van der Waals surface area contributed by atoms with Crippen molar-refractivity contribution in [2.24, 2.45) is 10.8 Å². The van der Waals surface area contributed by atoms with Crippen LogP contribution in [-0.4, -0.2) is 64.6 Å². The number of aliphatic hydroxyl groups is 3. The predicted molar refractivity (Wildman–Crippen MR) is 82.6 cm³/mol. The number of carbonyl (C=O) groups excluding carboxylic acids is 2. The fraction of sp³-hybridized carbons (Fsp3) is 0.875. The van der Waals surface area contributed by atoms with Gasteiger partial charge in [-0.2, -0.15) is 0 Å². The number of hydrogen-bond acceptors (Lipinski definition) is 8. The maximum absolute atomic E-state index is 12.0. The number of hydrogen-bond donors (Lipinski definition) is 3. The van der Waals surface area contributed by atoms with Crippen molar-refractivity contribution in [1.29, 1.82) is 0 Å². The van der Waals surface area contributed by atoms with Gasteiger partial charge in [-0.25, -0.2) is 0 Å². The molecule has 140 valence electrons. The predicted octanol–water partition coefficient (Wildman–Crippen LogP) is -0.0274. The number of carbonyl (C=O) groups is 2. The Balaban J connectivity index is 2.79. The standard InChI is InChI=1S/C16H28O8/c1-15(2,3)13(20)22-7-8-9(17)11(10(18)12(19)23-8)24-14(21)16(4,5)6/h8-12,17-19H,7H2,1-6H3/t8?,9-,10-,11-,12?/m0/s1. The molecular weight excluding hydrogens is 320 g/mol. The highest BCUT2D eigenvalue weighted by Crippen LogP contribution is 2.26. The zero-order valence-electron chi connectivity index (χ0n) is 15.0. The molecule has 24 heavy (non-hydrogen) atoms. The van der Waals surface area contributed by atoms with Crippen molar-refractivity contribution in [3.63, 3.8) is 0 Å². The molecule has 1 aliphatic heterocycles. The van der Waals surface area contributed by atoms with Crippen molar-refractivity contribution in [2.75, 3.05) is 6.61 Å². The molecule has 1 saturated heterocycles. The third kappa shape index (κ3) is 5.14. The van der Waals surface area contributed by atoms with Crippen LogP contribution < -0.4 is 0 Å². The molecule has 8 nitrogen and oxygen atoms in total. The lowest BCUT2D eigenvalue weighted by molar-refractivity contribution is -0.292. The number of ether oxygens (including phenoxy) is 3. The van der Waals surface area contributed by atoms with E-state index in [2.05, 4.69) is 0 Å². The minimum atomic E-state index is -1.68. The molecule has 0 spiro atoms. The van der Waals surface area contributed by atoms with Gasteiger partial charge < -0.3 is 29.5 Å². The van der Waals surface area contributed by atoms with Gasteiger partial charge in [-0.3, -0.25) is 9.59 Å². The molecule has 0 aromatic carbocycles. The highest BCUT2D eigenvalue weighted by molar-refractivity contribution is 5.76. The van der Waals surface area contributed by atoms with Gasteiger partial charge in [-0.1, -0.05) is 0 Å². The second-order valence-electron chi connectivity index (χ2n) is 8.01. The average Bonchev–Trinajstić information content (AvgIpc) is 2.43. The van der Waals surface area contributed by atoms with Crippen LogP contribution in [-0.2, 0) is 23.8 Å². The van der Waals surface area contributed by atoms with Crippen LogP contribution in [0.1, 0.15) is 41.5 Å². The van der Waals surface area contributed by atoms with Crippen LogP contribution >= 0.6 is 0 Å². The first-order valence-corrected chi connectivity index (χ1v) is 7.83. The fourth-order valence-corrected chi connectivity index (χ4v) is 1.87. The zero-order chi connectivity index (χ0) is 18.9. The molecule has 8 heteroatoms. The maximum Gasteiger partial charge on any atom is 0.311 e. The van der Waals surface area contributed by atoms with Crippen LogP contribution in [0.2, 0.25) is 0 Å². The van der Waals surface area contributed by atoms with Gasteiger partial charge in [0.2, 0.25) is 0 Å². The first-order chi connectivity index (χ1) is 10.7. The minimum absolute atomic E-state index is 0.343. The summed E-state index contributed by atoms with van der Waals surface area (Å²) in [4.78, 5) is 23.8. The van der Waals surface area contributed by atoms with E-state index in [9.17, 15) is 24.9 Å². The molecule has 1 heterocycles. The van der Waals surface area contributed by atoms with Crippen molar-refractivity contribution in [1.82, 2.24) is 0 Å². The van der Waals surface area contributed by atoms with Gasteiger partial charge >= 0.3 is 11.9 Å². The first-order valence-electron chi connectivity index (χ1n) is 7.83. The zero-order valence-corrected chi connectivity index (χ0v) is 15.0. The molecule has 2 unspecified atom stereocenters. The van der Waals surface area contributed by atoms with Gasteiger partial charge in [0.25, 0.3) is 0 Å². The van der Waals surface area contributed by atoms with Crippen molar-refractivity contribution >= 4 is 11.9 Å². The molecule has 1 fully saturated rings. The van der Waals surface area contributed by atoms with Crippen molar-refractivity contribution in [2.45, 2.75) is 72.2 Å². The summed E-state index contributed by atoms with van der Waals surface area (Å²) in [5.41, 5.74) is -1.59. The topological polar surface area (TPSA) is 123 Å². The number of rotatable bonds is 3. The van der Waals surface area contributed by atoms with E-state index in [0.29, 0.717) is 0 Å². The van der Waals surface area contributed by atoms with Crippen LogP contribution in [0.5, 0.6) is 0 Å². The highest BCUT2D eigenvalue weighted by Gasteiger charge is 2.47. The smallest absolute Gasteiger partial charge is 0.311 e. The largest absolute Gasteiger partial charge is 0.462 e. The minimum Gasteiger partial charge on any atom is -0.462 e. The Hall–Kier alpha value is -1.22. The molecule has 0 amide bonds. The third-order valence-corrected chi connectivity index (χ3v) is 3.51. The van der Waals surface area contributed by atoms with E-state index in [0.717, 1.165) is 0 Å². The molecule has 0 saturated carbocycles. The molecule has 5 atom stereocenters. The van der Waals surface area contributed by atoms with Gasteiger partial charge in [0.05, 0.1) is 10.8 Å². The van der Waals surface area contributed by atoms with Crippen LogP contribution in [0.4, 0.5) is 0 Å². The van der Waals surface area contributed by atoms with Crippen LogP contribution in [0.15, 0.2) is 0 Å². The van der Waals surface area contributed by atoms with Gasteiger partial charge in [0.15, 0.2) is 12.4 Å². The van der Waals surface area contributed by atoms with E-state index >= 15 is 0 Å². The molecular formula is C16H28O8. The molecule has 1 rings (SSSR count). The summed E-state index contributed by atoms with van der Waals surface area (Å²) >= 11 is 0. The summed E-state index contributed by atoms with van der Waals surface area (Å²) in [7, 11) is 0. The van der Waals surface area contributed by atoms with E-state index in [1.807, 2.05) is 0 Å². The second kappa shape index (κ2) is 7.35. The van der Waals surface area contributed by atoms with Crippen molar-refractivity contribution < 1.29 is 39.1 Å². The summed E-state index contributed by atoms with van der Waals surface area (Å²) < 4.78 is 15.3. The van der Waals surface area contributed by atoms with E-state index in [1.54, 1.807) is 41.5 Å². The lowest BCUT2D eigenvalue weighted by Gasteiger charge is -2.40. The van der Waals surface area contributed by atoms with Crippen molar-refractivity contribution in [3.8, 4) is 0 Å². The Bertz CT molecular complexity index is 462. The van der Waals surface area contributed by atoms with Gasteiger partial charge in [0, 0.05) is 0 Å². The van der Waals surface area contributed by atoms with Crippen LogP contribution in [0.25, 0.3) is 0 Å². The Kier molecular flexibility index (Phi) is 6.37. The Morgan fingerprint density at radius 1 is 0.917 bits per heavy atom. The van der Waals surface area contributed by atoms with E-state index in [4.69, 9.17) is 14.2 Å². The van der Waals surface area contributed by atoms with Crippen LogP contribution in [0, 0.1) is 10.8 Å². The molecule has 1 aliphatic rings. The first kappa shape index (κ1) is 20.8. The number of esters is 2. The summed E-state index contributed by atoms with van der Waals surface area (Å²) in [5.74, 6) is -1.16. The third-order valence-electron chi connectivity index (χ3n) is 3.51. The Morgan fingerprint density at radius 3 is 1.88 bits per heavy atom. The van der Waals surface area contributed by atoms with E-state index in [-0.39, 0.29) is 6.61 Å². The summed E-state index contributed by atoms with van der Waals surface area (Å²) in [5, 5.41) is 30.0. The SMILES string of the molecule is CC(C)(C)C(=O)OCC1OC(O)[C@@H](O)[C@@H](OC(=O)C(C)(C)C)[C@H]1O. The average molecular weight is 348 g/mol. The van der Waals surface area contributed by atoms with Gasteiger partial charge in [0.1, 0.15) is 24.9 Å². The summed E-state index contributed by atoms with van der Waals surface area (Å²) in [6.45, 7) is 9.51. The quantitative estimate of drug-likeness (QED) is 0.608. The number of aliphatic hydroxyl groups excluding tert-OH is 3. The monoisotopic (exact) mass is 348 g/mol. The van der Waals surface area contributed by atoms with Gasteiger partial charge in [-0.05, 0) is 41.5 Å². The maximum atomic E-state index is 12.0. The normalized spacial score (nSPS) is 31.5. The van der Waals surface area contributed by atoms with E-state index < -0.39 is 53.5 Å². The highest BCUT2D eigenvalue weighted by atomic mass is 16.7. The molecule has 3 N–H and O–H groups in total. The fourth-order valence-electron chi connectivity index (χ4n) is 1.87. The lowest BCUT2D eigenvalue weighted by Crippen LogP contribution is -2.60. The molecule has 0 bridgehead atoms. The second-order valence-corrected chi connectivity index (χ2v) is 8.01. The van der Waals surface area contributed by atoms with E-state index in [1.165, 1.54) is 0 Å². The Morgan fingerprint density at radius 2 is 1.42 bits per heavy atom. The van der Waals surface area contributed by atoms with Gasteiger partial charge in [-0.15, -0.1) is 0 Å². The Labute approximate surface area is 141 Å². The summed E-state index contributed by atoms with van der Waals surface area (Å²) in [6.07, 6.45) is -7.26. The summed E-state index contributed by atoms with van der Waals surface area (Å²) in [6, 6.07) is 0. The van der Waals surface area contributed by atoms with Crippen LogP contribution in [0.3, 0.4) is 0 Å². The molecule has 0 aromatic heterocycles. The molecule has 0 radical (unpaired) electrons. The lowest BCUT2D eigenvalue weighted by atomic mass is 9.95. The molecule has 0 aromatic rings. The molecule has 0 aliphatic carbocycles.